The number of piperidine rings is 1. The zero-order valence-electron chi connectivity index (χ0n) is 10.2. The Morgan fingerprint density at radius 2 is 1.94 bits per heavy atom. The molecule has 0 saturated carbocycles. The molecular weight excluding hydrogens is 220 g/mol. The predicted octanol–water partition coefficient (Wildman–Crippen LogP) is -0.406. The quantitative estimate of drug-likeness (QED) is 0.735. The summed E-state index contributed by atoms with van der Waals surface area (Å²) in [5.74, 6) is 0.591. The van der Waals surface area contributed by atoms with Crippen LogP contribution in [0.15, 0.2) is 15.7 Å². The SMILES string of the molecule is CN1CCC(N(C)c2cc(=O)[nH]c(=O)[nH]2)CC1. The lowest BCUT2D eigenvalue weighted by Crippen LogP contribution is -2.43. The van der Waals surface area contributed by atoms with Crippen molar-refractivity contribution in [1.29, 1.82) is 0 Å². The summed E-state index contributed by atoms with van der Waals surface area (Å²) >= 11 is 0. The largest absolute Gasteiger partial charge is 0.358 e. The van der Waals surface area contributed by atoms with Gasteiger partial charge in [0.1, 0.15) is 5.82 Å². The van der Waals surface area contributed by atoms with E-state index in [-0.39, 0.29) is 5.56 Å². The molecule has 94 valence electrons. The highest BCUT2D eigenvalue weighted by Gasteiger charge is 2.21. The minimum atomic E-state index is -0.452. The van der Waals surface area contributed by atoms with Crippen molar-refractivity contribution in [3.8, 4) is 0 Å². The van der Waals surface area contributed by atoms with Crippen molar-refractivity contribution >= 4 is 5.82 Å². The maximum atomic E-state index is 11.2. The third-order valence-corrected chi connectivity index (χ3v) is 3.36. The molecule has 0 aliphatic carbocycles. The van der Waals surface area contributed by atoms with Crippen LogP contribution in [0, 0.1) is 0 Å². The topological polar surface area (TPSA) is 72.2 Å². The molecule has 0 unspecified atom stereocenters. The third-order valence-electron chi connectivity index (χ3n) is 3.36. The van der Waals surface area contributed by atoms with Crippen LogP contribution in [0.25, 0.3) is 0 Å². The van der Waals surface area contributed by atoms with E-state index in [9.17, 15) is 9.59 Å². The normalized spacial score (nSPS) is 18.2. The molecule has 2 N–H and O–H groups in total. The number of H-pyrrole nitrogens is 2. The number of hydrogen-bond acceptors (Lipinski definition) is 4. The summed E-state index contributed by atoms with van der Waals surface area (Å²) in [6.45, 7) is 2.09. The number of aromatic nitrogens is 2. The molecule has 1 aliphatic heterocycles. The zero-order chi connectivity index (χ0) is 12.4. The first-order chi connectivity index (χ1) is 8.06. The van der Waals surface area contributed by atoms with Gasteiger partial charge in [0.25, 0.3) is 5.56 Å². The fraction of sp³-hybridized carbons (Fsp3) is 0.636. The second kappa shape index (κ2) is 4.75. The van der Waals surface area contributed by atoms with E-state index in [0.717, 1.165) is 25.9 Å². The number of rotatable bonds is 2. The summed E-state index contributed by atoms with van der Waals surface area (Å²) in [6.07, 6.45) is 2.09. The third kappa shape index (κ3) is 2.76. The van der Waals surface area contributed by atoms with E-state index >= 15 is 0 Å². The van der Waals surface area contributed by atoms with Crippen LogP contribution in [-0.2, 0) is 0 Å². The van der Waals surface area contributed by atoms with Crippen molar-refractivity contribution in [2.24, 2.45) is 0 Å². The molecule has 0 atom stereocenters. The van der Waals surface area contributed by atoms with Gasteiger partial charge in [-0.1, -0.05) is 0 Å². The molecule has 2 rings (SSSR count). The van der Waals surface area contributed by atoms with Crippen LogP contribution >= 0.6 is 0 Å². The second-order valence-electron chi connectivity index (χ2n) is 4.62. The van der Waals surface area contributed by atoms with E-state index in [0.29, 0.717) is 11.9 Å². The summed E-state index contributed by atoms with van der Waals surface area (Å²) in [6, 6.07) is 1.81. The minimum Gasteiger partial charge on any atom is -0.358 e. The van der Waals surface area contributed by atoms with Crippen LogP contribution < -0.4 is 16.1 Å². The Bertz CT molecular complexity index is 456. The van der Waals surface area contributed by atoms with E-state index in [2.05, 4.69) is 21.9 Å². The number of nitrogens with zero attached hydrogens (tertiary/aromatic N) is 2. The maximum Gasteiger partial charge on any atom is 0.327 e. The van der Waals surface area contributed by atoms with Crippen LogP contribution in [0.5, 0.6) is 0 Å². The molecule has 1 aromatic heterocycles. The second-order valence-corrected chi connectivity index (χ2v) is 4.62. The van der Waals surface area contributed by atoms with Crippen LogP contribution in [0.2, 0.25) is 0 Å². The molecule has 0 amide bonds. The standard InChI is InChI=1S/C11H18N4O2/c1-14-5-3-8(4-6-14)15(2)9-7-10(16)13-11(17)12-9/h7-8H,3-6H2,1-2H3,(H2,12,13,16,17). The smallest absolute Gasteiger partial charge is 0.327 e. The predicted molar refractivity (Wildman–Crippen MR) is 66.6 cm³/mol. The molecular formula is C11H18N4O2. The number of anilines is 1. The Hall–Kier alpha value is -1.56. The monoisotopic (exact) mass is 238 g/mol. The molecule has 0 spiro atoms. The molecule has 0 aromatic carbocycles. The van der Waals surface area contributed by atoms with Gasteiger partial charge in [0.15, 0.2) is 0 Å². The molecule has 6 heteroatoms. The van der Waals surface area contributed by atoms with Crippen LogP contribution in [-0.4, -0.2) is 48.1 Å². The molecule has 0 radical (unpaired) electrons. The van der Waals surface area contributed by atoms with Gasteiger partial charge in [0, 0.05) is 19.2 Å². The van der Waals surface area contributed by atoms with Gasteiger partial charge in [-0.25, -0.2) is 4.79 Å². The number of nitrogens with one attached hydrogen (secondary N) is 2. The van der Waals surface area contributed by atoms with Crippen LogP contribution in [0.1, 0.15) is 12.8 Å². The molecule has 6 nitrogen and oxygen atoms in total. The highest BCUT2D eigenvalue weighted by Crippen LogP contribution is 2.17. The lowest BCUT2D eigenvalue weighted by atomic mass is 10.0. The molecule has 1 saturated heterocycles. The van der Waals surface area contributed by atoms with Crippen molar-refractivity contribution in [3.05, 3.63) is 26.9 Å². The number of likely N-dealkylation sites (tertiary alicyclic amines) is 1. The van der Waals surface area contributed by atoms with Crippen molar-refractivity contribution in [3.63, 3.8) is 0 Å². The molecule has 1 aromatic rings. The Labute approximate surface area is 99.3 Å². The van der Waals surface area contributed by atoms with E-state index in [1.807, 2.05) is 11.9 Å². The Kier molecular flexibility index (Phi) is 3.33. The zero-order valence-corrected chi connectivity index (χ0v) is 10.2. The van der Waals surface area contributed by atoms with Crippen LogP contribution in [0.3, 0.4) is 0 Å². The highest BCUT2D eigenvalue weighted by molar-refractivity contribution is 5.36. The average molecular weight is 238 g/mol. The lowest BCUT2D eigenvalue weighted by Gasteiger charge is -2.35. The Balaban J connectivity index is 2.16. The van der Waals surface area contributed by atoms with Gasteiger partial charge in [-0.2, -0.15) is 0 Å². The highest BCUT2D eigenvalue weighted by atomic mass is 16.2. The first-order valence-corrected chi connectivity index (χ1v) is 5.81. The van der Waals surface area contributed by atoms with E-state index in [4.69, 9.17) is 0 Å². The van der Waals surface area contributed by atoms with Gasteiger partial charge < -0.3 is 9.80 Å². The molecule has 2 heterocycles. The lowest BCUT2D eigenvalue weighted by molar-refractivity contribution is 0.252. The number of hydrogen-bond donors (Lipinski definition) is 2. The first-order valence-electron chi connectivity index (χ1n) is 5.81. The average Bonchev–Trinajstić information content (AvgIpc) is 2.28. The van der Waals surface area contributed by atoms with Gasteiger partial charge in [0.05, 0.1) is 0 Å². The summed E-state index contributed by atoms with van der Waals surface area (Å²) in [4.78, 5) is 31.5. The summed E-state index contributed by atoms with van der Waals surface area (Å²) in [5, 5.41) is 0. The fourth-order valence-electron chi connectivity index (χ4n) is 2.22. The fourth-order valence-corrected chi connectivity index (χ4v) is 2.22. The van der Waals surface area contributed by atoms with Gasteiger partial charge in [-0.05, 0) is 33.0 Å². The van der Waals surface area contributed by atoms with Crippen molar-refractivity contribution < 1.29 is 0 Å². The first kappa shape index (κ1) is 11.9. The van der Waals surface area contributed by atoms with Gasteiger partial charge >= 0.3 is 5.69 Å². The summed E-state index contributed by atoms with van der Waals surface area (Å²) < 4.78 is 0. The van der Waals surface area contributed by atoms with Crippen molar-refractivity contribution in [2.45, 2.75) is 18.9 Å². The van der Waals surface area contributed by atoms with Crippen molar-refractivity contribution in [2.75, 3.05) is 32.1 Å². The Morgan fingerprint density at radius 3 is 2.53 bits per heavy atom. The number of aromatic amines is 2. The Morgan fingerprint density at radius 1 is 1.29 bits per heavy atom. The van der Waals surface area contributed by atoms with E-state index in [1.165, 1.54) is 6.07 Å². The van der Waals surface area contributed by atoms with Gasteiger partial charge in [-0.3, -0.25) is 14.8 Å². The van der Waals surface area contributed by atoms with E-state index < -0.39 is 5.69 Å². The minimum absolute atomic E-state index is 0.358. The molecule has 1 aliphatic rings. The molecule has 1 fully saturated rings. The van der Waals surface area contributed by atoms with Crippen LogP contribution in [0.4, 0.5) is 5.82 Å². The summed E-state index contributed by atoms with van der Waals surface area (Å²) in [5.41, 5.74) is -0.809. The maximum absolute atomic E-state index is 11.2. The molecule has 17 heavy (non-hydrogen) atoms. The van der Waals surface area contributed by atoms with E-state index in [1.54, 1.807) is 0 Å². The molecule has 0 bridgehead atoms. The summed E-state index contributed by atoms with van der Waals surface area (Å²) in [7, 11) is 4.02. The van der Waals surface area contributed by atoms with Gasteiger partial charge in [-0.15, -0.1) is 0 Å². The van der Waals surface area contributed by atoms with Crippen molar-refractivity contribution in [1.82, 2.24) is 14.9 Å². The van der Waals surface area contributed by atoms with Gasteiger partial charge in [0.2, 0.25) is 0 Å².